The standard InChI is InChI=1S/C28H31N3O7S/c1-16-21-24(33)31(28(2,3)26(34)35)27(36)30(25(21)39-22(16)23-29-13-14-37-23)15-20(17-7-5-4-6-8-17)38-19-11-9-18(32)10-12-19/h4-8,13-14,18-20,32H,9-12,15H2,1-3H3,(H,34,35)/t18-,19-,20-/m0/s1. The fourth-order valence-corrected chi connectivity index (χ4v) is 6.35. The predicted molar refractivity (Wildman–Crippen MR) is 146 cm³/mol. The second kappa shape index (κ2) is 10.6. The van der Waals surface area contributed by atoms with Gasteiger partial charge in [0.15, 0.2) is 0 Å². The smallest absolute Gasteiger partial charge is 0.333 e. The number of ether oxygens (including phenoxy) is 1. The van der Waals surface area contributed by atoms with Gasteiger partial charge in [-0.2, -0.15) is 0 Å². The second-order valence-electron chi connectivity index (χ2n) is 10.4. The number of oxazole rings is 1. The number of fused-ring (bicyclic) bond motifs is 1. The molecule has 0 saturated heterocycles. The van der Waals surface area contributed by atoms with Crippen LogP contribution in [0, 0.1) is 6.92 Å². The highest BCUT2D eigenvalue weighted by molar-refractivity contribution is 7.22. The van der Waals surface area contributed by atoms with Crippen molar-refractivity contribution < 1.29 is 24.2 Å². The minimum absolute atomic E-state index is 0.0549. The summed E-state index contributed by atoms with van der Waals surface area (Å²) < 4.78 is 14.3. The van der Waals surface area contributed by atoms with Gasteiger partial charge in [-0.05, 0) is 57.6 Å². The quantitative estimate of drug-likeness (QED) is 0.333. The van der Waals surface area contributed by atoms with Crippen molar-refractivity contribution in [2.75, 3.05) is 0 Å². The van der Waals surface area contributed by atoms with Crippen molar-refractivity contribution in [1.29, 1.82) is 0 Å². The van der Waals surface area contributed by atoms with Crippen molar-refractivity contribution in [3.05, 3.63) is 74.8 Å². The zero-order chi connectivity index (χ0) is 27.9. The van der Waals surface area contributed by atoms with Gasteiger partial charge in [0.1, 0.15) is 22.7 Å². The summed E-state index contributed by atoms with van der Waals surface area (Å²) in [5, 5.41) is 20.2. The van der Waals surface area contributed by atoms with Gasteiger partial charge in [-0.3, -0.25) is 9.36 Å². The molecule has 0 aliphatic heterocycles. The molecule has 39 heavy (non-hydrogen) atoms. The van der Waals surface area contributed by atoms with E-state index in [4.69, 9.17) is 9.15 Å². The van der Waals surface area contributed by atoms with Gasteiger partial charge in [0.2, 0.25) is 5.89 Å². The molecule has 10 nitrogen and oxygen atoms in total. The van der Waals surface area contributed by atoms with Gasteiger partial charge in [-0.25, -0.2) is 19.1 Å². The Morgan fingerprint density at radius 3 is 2.51 bits per heavy atom. The Balaban J connectivity index is 1.71. The molecule has 1 aliphatic carbocycles. The van der Waals surface area contributed by atoms with Crippen molar-refractivity contribution in [2.24, 2.45) is 0 Å². The van der Waals surface area contributed by atoms with Crippen LogP contribution in [-0.4, -0.2) is 42.5 Å². The lowest BCUT2D eigenvalue weighted by atomic mass is 9.95. The highest BCUT2D eigenvalue weighted by Crippen LogP contribution is 2.37. The van der Waals surface area contributed by atoms with E-state index in [1.807, 2.05) is 30.3 Å². The van der Waals surface area contributed by atoms with Crippen molar-refractivity contribution in [2.45, 2.75) is 76.9 Å². The molecule has 5 rings (SSSR count). The lowest BCUT2D eigenvalue weighted by Gasteiger charge is -2.31. The first-order valence-electron chi connectivity index (χ1n) is 12.9. The van der Waals surface area contributed by atoms with Crippen LogP contribution >= 0.6 is 11.3 Å². The van der Waals surface area contributed by atoms with E-state index in [0.717, 1.165) is 10.1 Å². The van der Waals surface area contributed by atoms with Crippen LogP contribution in [0.1, 0.15) is 56.8 Å². The van der Waals surface area contributed by atoms with Crippen LogP contribution in [0.3, 0.4) is 0 Å². The summed E-state index contributed by atoms with van der Waals surface area (Å²) in [7, 11) is 0. The van der Waals surface area contributed by atoms with Crippen LogP contribution in [-0.2, 0) is 21.6 Å². The molecule has 1 aromatic carbocycles. The molecule has 2 N–H and O–H groups in total. The SMILES string of the molecule is Cc1c(-c2ncco2)sc2c1c(=O)n(C(C)(C)C(=O)O)c(=O)n2C[C@H](O[C@H]1CC[C@H](O)CC1)c1ccccc1. The number of carbonyl (C=O) groups is 1. The van der Waals surface area contributed by atoms with Crippen LogP contribution in [0.2, 0.25) is 0 Å². The number of nitrogens with zero attached hydrogens (tertiary/aromatic N) is 3. The van der Waals surface area contributed by atoms with Gasteiger partial charge in [-0.1, -0.05) is 30.3 Å². The van der Waals surface area contributed by atoms with E-state index in [1.165, 1.54) is 42.2 Å². The highest BCUT2D eigenvalue weighted by atomic mass is 32.1. The summed E-state index contributed by atoms with van der Waals surface area (Å²) in [5.74, 6) is -0.988. The Bertz CT molecular complexity index is 1590. The van der Waals surface area contributed by atoms with Gasteiger partial charge in [0, 0.05) is 0 Å². The number of aliphatic carboxylic acids is 1. The van der Waals surface area contributed by atoms with E-state index in [2.05, 4.69) is 4.98 Å². The monoisotopic (exact) mass is 553 g/mol. The number of aliphatic hydroxyl groups is 1. The van der Waals surface area contributed by atoms with Gasteiger partial charge < -0.3 is 19.4 Å². The largest absolute Gasteiger partial charge is 0.480 e. The average molecular weight is 554 g/mol. The molecule has 4 aromatic rings. The summed E-state index contributed by atoms with van der Waals surface area (Å²) in [4.78, 5) is 45.2. The molecule has 0 amide bonds. The normalized spacial score (nSPS) is 18.9. The topological polar surface area (TPSA) is 137 Å². The summed E-state index contributed by atoms with van der Waals surface area (Å²) in [6, 6.07) is 9.50. The fraction of sp³-hybridized carbons (Fsp3) is 0.429. The number of benzene rings is 1. The summed E-state index contributed by atoms with van der Waals surface area (Å²) >= 11 is 1.21. The lowest BCUT2D eigenvalue weighted by Crippen LogP contribution is -2.52. The van der Waals surface area contributed by atoms with Gasteiger partial charge in [0.25, 0.3) is 5.56 Å². The highest BCUT2D eigenvalue weighted by Gasteiger charge is 2.36. The maximum Gasteiger partial charge on any atom is 0.333 e. The molecular weight excluding hydrogens is 522 g/mol. The average Bonchev–Trinajstić information content (AvgIpc) is 3.55. The zero-order valence-corrected chi connectivity index (χ0v) is 22.8. The third-order valence-corrected chi connectivity index (χ3v) is 8.74. The Morgan fingerprint density at radius 1 is 1.21 bits per heavy atom. The number of carboxylic acids is 1. The molecule has 0 radical (unpaired) electrons. The van der Waals surface area contributed by atoms with Crippen LogP contribution in [0.15, 0.2) is 56.8 Å². The maximum atomic E-state index is 14.0. The first kappa shape index (κ1) is 27.0. The molecule has 1 saturated carbocycles. The van der Waals surface area contributed by atoms with Crippen molar-refractivity contribution in [3.63, 3.8) is 0 Å². The number of hydrogen-bond donors (Lipinski definition) is 2. The van der Waals surface area contributed by atoms with Crippen molar-refractivity contribution in [3.8, 4) is 10.8 Å². The summed E-state index contributed by atoms with van der Waals surface area (Å²) in [6.45, 7) is 4.47. The molecular formula is C28H31N3O7S. The number of carboxylic acid groups (broad SMARTS) is 1. The Morgan fingerprint density at radius 2 is 1.90 bits per heavy atom. The zero-order valence-electron chi connectivity index (χ0n) is 22.0. The van der Waals surface area contributed by atoms with Crippen molar-refractivity contribution in [1.82, 2.24) is 14.1 Å². The Labute approximate surface area is 228 Å². The van der Waals surface area contributed by atoms with Gasteiger partial charge >= 0.3 is 11.7 Å². The number of aliphatic hydroxyl groups excluding tert-OH is 1. The van der Waals surface area contributed by atoms with E-state index in [-0.39, 0.29) is 24.1 Å². The lowest BCUT2D eigenvalue weighted by molar-refractivity contribution is -0.146. The summed E-state index contributed by atoms with van der Waals surface area (Å²) in [6.07, 6.45) is 4.57. The third kappa shape index (κ3) is 4.97. The van der Waals surface area contributed by atoms with E-state index < -0.39 is 28.9 Å². The predicted octanol–water partition coefficient (Wildman–Crippen LogP) is 4.07. The first-order valence-corrected chi connectivity index (χ1v) is 13.7. The molecule has 0 bridgehead atoms. The minimum atomic E-state index is -1.80. The van der Waals surface area contributed by atoms with Gasteiger partial charge in [0.05, 0.1) is 35.2 Å². The number of thiophene rings is 1. The number of rotatable bonds is 8. The van der Waals surface area contributed by atoms with Crippen LogP contribution in [0.4, 0.5) is 0 Å². The Hall–Kier alpha value is -3.54. The van der Waals surface area contributed by atoms with E-state index in [1.54, 1.807) is 6.92 Å². The number of aryl methyl sites for hydroxylation is 1. The van der Waals surface area contributed by atoms with E-state index >= 15 is 0 Å². The van der Waals surface area contributed by atoms with Crippen molar-refractivity contribution >= 4 is 27.5 Å². The molecule has 3 aromatic heterocycles. The molecule has 1 fully saturated rings. The van der Waals surface area contributed by atoms with E-state index in [9.17, 15) is 24.6 Å². The molecule has 0 unspecified atom stereocenters. The van der Waals surface area contributed by atoms with Crippen LogP contribution < -0.4 is 11.2 Å². The molecule has 206 valence electrons. The minimum Gasteiger partial charge on any atom is -0.480 e. The molecule has 3 heterocycles. The molecule has 1 atom stereocenters. The van der Waals surface area contributed by atoms with Crippen LogP contribution in [0.5, 0.6) is 0 Å². The molecule has 11 heteroatoms. The molecule has 0 spiro atoms. The third-order valence-electron chi connectivity index (χ3n) is 7.44. The van der Waals surface area contributed by atoms with Gasteiger partial charge in [-0.15, -0.1) is 11.3 Å². The Kier molecular flexibility index (Phi) is 7.32. The summed E-state index contributed by atoms with van der Waals surface area (Å²) in [5.41, 5.74) is -1.80. The van der Waals surface area contributed by atoms with E-state index in [0.29, 0.717) is 46.8 Å². The number of aromatic nitrogens is 3. The molecule has 1 aliphatic rings. The number of hydrogen-bond acceptors (Lipinski definition) is 8. The fourth-order valence-electron chi connectivity index (χ4n) is 5.11. The second-order valence-corrected chi connectivity index (χ2v) is 11.4. The first-order chi connectivity index (χ1) is 18.6. The van der Waals surface area contributed by atoms with Crippen LogP contribution in [0.25, 0.3) is 21.0 Å². The maximum absolute atomic E-state index is 14.0.